The second-order valence-corrected chi connectivity index (χ2v) is 2.82. The molecule has 0 aromatic rings. The maximum absolute atomic E-state index is 10.5. The summed E-state index contributed by atoms with van der Waals surface area (Å²) in [4.78, 5) is 10.5. The van der Waals surface area contributed by atoms with Crippen molar-refractivity contribution in [3.63, 3.8) is 0 Å². The normalized spacial score (nSPS) is 33.7. The molecular weight excluding hydrogens is 130 g/mol. The first-order valence-corrected chi connectivity index (χ1v) is 3.65. The van der Waals surface area contributed by atoms with Crippen LogP contribution in [0.4, 0.5) is 0 Å². The number of amides is 1. The summed E-state index contributed by atoms with van der Waals surface area (Å²) in [6, 6.07) is 0. The minimum absolute atomic E-state index is 0.395. The zero-order chi connectivity index (χ0) is 7.56. The summed E-state index contributed by atoms with van der Waals surface area (Å²) in [5.74, 6) is -0.999. The maximum atomic E-state index is 10.5. The Balaban J connectivity index is 2.47. The fraction of sp³-hybridized carbons (Fsp3) is 0.857. The van der Waals surface area contributed by atoms with Crippen LogP contribution < -0.4 is 5.73 Å². The largest absolute Gasteiger partial charge is 0.392 e. The number of carbonyl (C=O) groups is 1. The first-order chi connectivity index (χ1) is 4.72. The van der Waals surface area contributed by atoms with E-state index in [2.05, 4.69) is 0 Å². The Labute approximate surface area is 60.2 Å². The van der Waals surface area contributed by atoms with Gasteiger partial charge >= 0.3 is 0 Å². The van der Waals surface area contributed by atoms with Crippen LogP contribution in [-0.2, 0) is 4.79 Å². The number of hydrogen-bond acceptors (Lipinski definition) is 2. The van der Waals surface area contributed by atoms with Crippen molar-refractivity contribution in [1.82, 2.24) is 5.73 Å². The Kier molecular flexibility index (Phi) is 2.27. The first kappa shape index (κ1) is 7.54. The average Bonchev–Trinajstić information content (AvgIpc) is 1.88. The van der Waals surface area contributed by atoms with Gasteiger partial charge in [0.15, 0.2) is 0 Å². The molecule has 0 spiro atoms. The highest BCUT2D eigenvalue weighted by molar-refractivity contribution is 5.76. The lowest BCUT2D eigenvalue weighted by Gasteiger charge is -2.23. The summed E-state index contributed by atoms with van der Waals surface area (Å²) in [5.41, 5.74) is 6.80. The summed E-state index contributed by atoms with van der Waals surface area (Å²) in [5, 5.41) is 9.20. The van der Waals surface area contributed by atoms with E-state index in [1.807, 2.05) is 0 Å². The van der Waals surface area contributed by atoms with Crippen molar-refractivity contribution in [2.24, 2.45) is 5.92 Å². The first-order valence-electron chi connectivity index (χ1n) is 3.65. The molecule has 3 nitrogen and oxygen atoms in total. The van der Waals surface area contributed by atoms with Crippen molar-refractivity contribution in [1.29, 1.82) is 0 Å². The highest BCUT2D eigenvalue weighted by atomic mass is 16.3. The summed E-state index contributed by atoms with van der Waals surface area (Å²) >= 11 is 0. The molecule has 0 aromatic carbocycles. The van der Waals surface area contributed by atoms with E-state index in [1.165, 1.54) is 0 Å². The molecule has 0 heterocycles. The number of nitrogens with one attached hydrogen (secondary N) is 1. The molecule has 2 N–H and O–H groups in total. The van der Waals surface area contributed by atoms with Crippen LogP contribution in [0, 0.1) is 5.92 Å². The number of carbonyl (C=O) groups excluding carboxylic acids is 1. The average molecular weight is 142 g/mol. The fourth-order valence-corrected chi connectivity index (χ4v) is 1.42. The van der Waals surface area contributed by atoms with E-state index in [-0.39, 0.29) is 0 Å². The Hall–Kier alpha value is -0.570. The molecule has 1 aliphatic carbocycles. The maximum Gasteiger partial charge on any atom is 0.244 e. The van der Waals surface area contributed by atoms with Gasteiger partial charge in [-0.15, -0.1) is 0 Å². The number of hydrogen-bond donors (Lipinski definition) is 1. The van der Waals surface area contributed by atoms with Crippen LogP contribution in [0.2, 0.25) is 0 Å². The van der Waals surface area contributed by atoms with Crippen LogP contribution >= 0.6 is 0 Å². The van der Waals surface area contributed by atoms with Crippen molar-refractivity contribution in [3.05, 3.63) is 0 Å². The Morgan fingerprint density at radius 1 is 1.40 bits per heavy atom. The van der Waals surface area contributed by atoms with Gasteiger partial charge in [0.05, 0.1) is 12.0 Å². The molecule has 1 aliphatic rings. The van der Waals surface area contributed by atoms with Crippen molar-refractivity contribution in [3.8, 4) is 0 Å². The lowest BCUT2D eigenvalue weighted by atomic mass is 9.86. The van der Waals surface area contributed by atoms with Crippen LogP contribution in [0.5, 0.6) is 0 Å². The van der Waals surface area contributed by atoms with Gasteiger partial charge in [0.1, 0.15) is 0 Å². The molecule has 1 radical (unpaired) electrons. The van der Waals surface area contributed by atoms with Crippen LogP contribution in [0.3, 0.4) is 0 Å². The van der Waals surface area contributed by atoms with Gasteiger partial charge in [0.25, 0.3) is 0 Å². The highest BCUT2D eigenvalue weighted by Crippen LogP contribution is 2.23. The van der Waals surface area contributed by atoms with Gasteiger partial charge in [-0.1, -0.05) is 12.8 Å². The molecule has 0 bridgehead atoms. The van der Waals surface area contributed by atoms with Crippen LogP contribution in [0.1, 0.15) is 25.7 Å². The van der Waals surface area contributed by atoms with E-state index in [0.29, 0.717) is 12.8 Å². The molecule has 1 saturated carbocycles. The summed E-state index contributed by atoms with van der Waals surface area (Å²) in [6.07, 6.45) is 2.81. The lowest BCUT2D eigenvalue weighted by molar-refractivity contribution is -0.127. The SMILES string of the molecule is [NH]C(=O)C1CCCC[C@@H]1O. The monoisotopic (exact) mass is 142 g/mol. The number of aliphatic hydroxyl groups is 1. The van der Waals surface area contributed by atoms with Crippen molar-refractivity contribution in [2.45, 2.75) is 31.8 Å². The van der Waals surface area contributed by atoms with E-state index in [1.54, 1.807) is 0 Å². The van der Waals surface area contributed by atoms with Gasteiger partial charge in [-0.05, 0) is 12.8 Å². The van der Waals surface area contributed by atoms with Gasteiger partial charge in [0, 0.05) is 0 Å². The molecule has 2 atom stereocenters. The predicted octanol–water partition coefficient (Wildman–Crippen LogP) is 0.347. The molecule has 57 valence electrons. The molecule has 0 aliphatic heterocycles. The third-order valence-electron chi connectivity index (χ3n) is 2.07. The van der Waals surface area contributed by atoms with Crippen molar-refractivity contribution >= 4 is 5.91 Å². The zero-order valence-corrected chi connectivity index (χ0v) is 5.84. The molecule has 1 amide bonds. The highest BCUT2D eigenvalue weighted by Gasteiger charge is 2.27. The minimum atomic E-state index is -0.604. The Bertz CT molecular complexity index is 136. The van der Waals surface area contributed by atoms with Gasteiger partial charge in [-0.2, -0.15) is 0 Å². The smallest absolute Gasteiger partial charge is 0.244 e. The molecule has 0 aromatic heterocycles. The Morgan fingerprint density at radius 3 is 2.40 bits per heavy atom. The van der Waals surface area contributed by atoms with E-state index in [9.17, 15) is 9.90 Å². The van der Waals surface area contributed by atoms with E-state index >= 15 is 0 Å². The van der Waals surface area contributed by atoms with Gasteiger partial charge in [-0.25, -0.2) is 0 Å². The molecule has 1 unspecified atom stereocenters. The summed E-state index contributed by atoms with van der Waals surface area (Å²) < 4.78 is 0. The lowest BCUT2D eigenvalue weighted by Crippen LogP contribution is -2.31. The van der Waals surface area contributed by atoms with Gasteiger partial charge in [0.2, 0.25) is 5.91 Å². The van der Waals surface area contributed by atoms with Crippen LogP contribution in [0.25, 0.3) is 0 Å². The quantitative estimate of drug-likeness (QED) is 0.574. The molecule has 1 fully saturated rings. The standard InChI is InChI=1S/C7H12NO2/c8-7(10)5-3-1-2-4-6(5)9/h5-6,8-9H,1-4H2/t5?,6-/m0/s1. The second kappa shape index (κ2) is 3.01. The minimum Gasteiger partial charge on any atom is -0.392 e. The molecule has 10 heavy (non-hydrogen) atoms. The summed E-state index contributed by atoms with van der Waals surface area (Å²) in [6.45, 7) is 0. The van der Waals surface area contributed by atoms with E-state index in [0.717, 1.165) is 12.8 Å². The van der Waals surface area contributed by atoms with E-state index in [4.69, 9.17) is 5.73 Å². The zero-order valence-electron chi connectivity index (χ0n) is 5.84. The second-order valence-electron chi connectivity index (χ2n) is 2.82. The van der Waals surface area contributed by atoms with Crippen LogP contribution in [0.15, 0.2) is 0 Å². The number of aliphatic hydroxyl groups excluding tert-OH is 1. The van der Waals surface area contributed by atoms with Crippen molar-refractivity contribution < 1.29 is 9.90 Å². The third kappa shape index (κ3) is 1.48. The molecule has 3 heteroatoms. The third-order valence-corrected chi connectivity index (χ3v) is 2.07. The van der Waals surface area contributed by atoms with Gasteiger partial charge < -0.3 is 5.11 Å². The fourth-order valence-electron chi connectivity index (χ4n) is 1.42. The summed E-state index contributed by atoms with van der Waals surface area (Å²) in [7, 11) is 0. The van der Waals surface area contributed by atoms with Gasteiger partial charge in [-0.3, -0.25) is 10.5 Å². The topological polar surface area (TPSA) is 61.1 Å². The molecule has 0 saturated heterocycles. The number of rotatable bonds is 1. The predicted molar refractivity (Wildman–Crippen MR) is 36.1 cm³/mol. The van der Waals surface area contributed by atoms with Crippen molar-refractivity contribution in [2.75, 3.05) is 0 Å². The Morgan fingerprint density at radius 2 is 2.00 bits per heavy atom. The molecular formula is C7H12NO2. The molecule has 1 rings (SSSR count). The van der Waals surface area contributed by atoms with E-state index < -0.39 is 17.9 Å². The van der Waals surface area contributed by atoms with Crippen LogP contribution in [-0.4, -0.2) is 17.1 Å².